The average molecular weight is 312 g/mol. The molecule has 0 amide bonds. The number of hydrogen-bond acceptors (Lipinski definition) is 4. The van der Waals surface area contributed by atoms with Gasteiger partial charge in [0.05, 0.1) is 12.4 Å². The van der Waals surface area contributed by atoms with E-state index >= 15 is 0 Å². The number of halogens is 1. The summed E-state index contributed by atoms with van der Waals surface area (Å²) in [5.74, 6) is -0.486. The Labute approximate surface area is 122 Å². The van der Waals surface area contributed by atoms with Gasteiger partial charge in [-0.2, -0.15) is 5.10 Å². The zero-order valence-electron chi connectivity index (χ0n) is 11.7. The minimum atomic E-state index is -3.77. The molecule has 0 bridgehead atoms. The van der Waals surface area contributed by atoms with Crippen molar-refractivity contribution in [3.63, 3.8) is 0 Å². The van der Waals surface area contributed by atoms with Crippen molar-refractivity contribution in [1.29, 1.82) is 0 Å². The zero-order valence-corrected chi connectivity index (χ0v) is 12.6. The molecule has 2 rings (SSSR count). The third kappa shape index (κ3) is 3.46. The molecular weight excluding hydrogens is 295 g/mol. The van der Waals surface area contributed by atoms with E-state index in [-0.39, 0.29) is 17.1 Å². The second-order valence-corrected chi connectivity index (χ2v) is 6.95. The second kappa shape index (κ2) is 5.55. The third-order valence-corrected chi connectivity index (χ3v) is 4.54. The molecule has 0 saturated carbocycles. The molecule has 0 aliphatic heterocycles. The van der Waals surface area contributed by atoms with Gasteiger partial charge in [0, 0.05) is 12.1 Å². The molecule has 6 nitrogen and oxygen atoms in total. The van der Waals surface area contributed by atoms with Crippen molar-refractivity contribution in [3.8, 4) is 5.69 Å². The summed E-state index contributed by atoms with van der Waals surface area (Å²) in [4.78, 5) is -0.0488. The van der Waals surface area contributed by atoms with Gasteiger partial charge in [-0.05, 0) is 26.0 Å². The van der Waals surface area contributed by atoms with Gasteiger partial charge >= 0.3 is 0 Å². The molecule has 0 saturated heterocycles. The van der Waals surface area contributed by atoms with E-state index < -0.39 is 21.4 Å². The normalized spacial score (nSPS) is 12.6. The van der Waals surface area contributed by atoms with Crippen LogP contribution < -0.4 is 10.5 Å². The quantitative estimate of drug-likeness (QED) is 0.863. The molecule has 1 aromatic heterocycles. The average Bonchev–Trinajstić information content (AvgIpc) is 2.88. The van der Waals surface area contributed by atoms with Crippen molar-refractivity contribution in [3.05, 3.63) is 42.5 Å². The molecule has 0 spiro atoms. The first-order valence-electron chi connectivity index (χ1n) is 6.29. The SMILES string of the molecule is CC(C)(CN)NS(=O)(=O)c1cnn(-c2ccccc2F)c1. The summed E-state index contributed by atoms with van der Waals surface area (Å²) in [6.07, 6.45) is 2.43. The molecule has 1 aromatic carbocycles. The fourth-order valence-corrected chi connectivity index (χ4v) is 3.03. The molecule has 0 radical (unpaired) electrons. The summed E-state index contributed by atoms with van der Waals surface area (Å²) >= 11 is 0. The summed E-state index contributed by atoms with van der Waals surface area (Å²) in [5, 5.41) is 3.90. The van der Waals surface area contributed by atoms with Gasteiger partial charge in [-0.15, -0.1) is 0 Å². The van der Waals surface area contributed by atoms with Crippen LogP contribution >= 0.6 is 0 Å². The summed E-state index contributed by atoms with van der Waals surface area (Å²) in [6.45, 7) is 3.49. The molecule has 0 aliphatic carbocycles. The van der Waals surface area contributed by atoms with Gasteiger partial charge in [0.25, 0.3) is 0 Å². The number of aromatic nitrogens is 2. The van der Waals surface area contributed by atoms with Gasteiger partial charge in [0.1, 0.15) is 16.4 Å². The lowest BCUT2D eigenvalue weighted by molar-refractivity contribution is 0.462. The van der Waals surface area contributed by atoms with Gasteiger partial charge in [-0.3, -0.25) is 0 Å². The van der Waals surface area contributed by atoms with Crippen LogP contribution in [0, 0.1) is 5.82 Å². The molecule has 1 heterocycles. The lowest BCUT2D eigenvalue weighted by atomic mass is 10.1. The highest BCUT2D eigenvalue weighted by atomic mass is 32.2. The van der Waals surface area contributed by atoms with Gasteiger partial charge in [-0.1, -0.05) is 12.1 Å². The third-order valence-electron chi connectivity index (χ3n) is 2.89. The molecular formula is C13H17FN4O2S. The summed E-state index contributed by atoms with van der Waals surface area (Å²) in [5.41, 5.74) is 4.91. The van der Waals surface area contributed by atoms with Crippen molar-refractivity contribution < 1.29 is 12.8 Å². The molecule has 0 fully saturated rings. The van der Waals surface area contributed by atoms with E-state index in [1.165, 1.54) is 29.2 Å². The Morgan fingerprint density at radius 1 is 1.38 bits per heavy atom. The monoisotopic (exact) mass is 312 g/mol. The number of benzene rings is 1. The number of hydrogen-bond donors (Lipinski definition) is 2. The topological polar surface area (TPSA) is 90.0 Å². The number of nitrogens with two attached hydrogens (primary N) is 1. The van der Waals surface area contributed by atoms with Crippen LogP contribution in [0.3, 0.4) is 0 Å². The number of para-hydroxylation sites is 1. The number of nitrogens with one attached hydrogen (secondary N) is 1. The maximum Gasteiger partial charge on any atom is 0.244 e. The van der Waals surface area contributed by atoms with Crippen LogP contribution in [-0.2, 0) is 10.0 Å². The van der Waals surface area contributed by atoms with Crippen LogP contribution in [0.1, 0.15) is 13.8 Å². The first kappa shape index (κ1) is 15.6. The van der Waals surface area contributed by atoms with E-state index in [1.54, 1.807) is 26.0 Å². The van der Waals surface area contributed by atoms with Gasteiger partial charge in [0.15, 0.2) is 0 Å². The van der Waals surface area contributed by atoms with Crippen LogP contribution in [0.4, 0.5) is 4.39 Å². The van der Waals surface area contributed by atoms with Crippen LogP contribution in [0.2, 0.25) is 0 Å². The van der Waals surface area contributed by atoms with Crippen LogP contribution in [0.5, 0.6) is 0 Å². The maximum absolute atomic E-state index is 13.7. The van der Waals surface area contributed by atoms with E-state index in [1.807, 2.05) is 0 Å². The molecule has 114 valence electrons. The highest BCUT2D eigenvalue weighted by Gasteiger charge is 2.26. The fourth-order valence-electron chi connectivity index (χ4n) is 1.68. The fraction of sp³-hybridized carbons (Fsp3) is 0.308. The van der Waals surface area contributed by atoms with Crippen LogP contribution in [0.15, 0.2) is 41.6 Å². The van der Waals surface area contributed by atoms with Crippen molar-refractivity contribution in [2.75, 3.05) is 6.54 Å². The first-order chi connectivity index (χ1) is 9.75. The Morgan fingerprint density at radius 2 is 2.05 bits per heavy atom. The number of rotatable bonds is 5. The highest BCUT2D eigenvalue weighted by molar-refractivity contribution is 7.89. The molecule has 0 unspecified atom stereocenters. The Bertz CT molecular complexity index is 740. The molecule has 3 N–H and O–H groups in total. The summed E-state index contributed by atoms with van der Waals surface area (Å²) in [6, 6.07) is 5.98. The first-order valence-corrected chi connectivity index (χ1v) is 7.77. The number of nitrogens with zero attached hydrogens (tertiary/aromatic N) is 2. The summed E-state index contributed by atoms with van der Waals surface area (Å²) in [7, 11) is -3.77. The zero-order chi connectivity index (χ0) is 15.7. The Hall–Kier alpha value is -1.77. The van der Waals surface area contributed by atoms with Crippen molar-refractivity contribution >= 4 is 10.0 Å². The molecule has 2 aromatic rings. The molecule has 21 heavy (non-hydrogen) atoms. The predicted octanol–water partition coefficient (Wildman–Crippen LogP) is 1.03. The Morgan fingerprint density at radius 3 is 2.67 bits per heavy atom. The second-order valence-electron chi connectivity index (χ2n) is 5.27. The highest BCUT2D eigenvalue weighted by Crippen LogP contribution is 2.16. The van der Waals surface area contributed by atoms with Gasteiger partial charge in [0.2, 0.25) is 10.0 Å². The Balaban J connectivity index is 2.34. The smallest absolute Gasteiger partial charge is 0.244 e. The lowest BCUT2D eigenvalue weighted by Gasteiger charge is -2.23. The van der Waals surface area contributed by atoms with E-state index in [9.17, 15) is 12.8 Å². The molecule has 0 atom stereocenters. The van der Waals surface area contributed by atoms with Crippen molar-refractivity contribution in [2.45, 2.75) is 24.3 Å². The largest absolute Gasteiger partial charge is 0.329 e. The predicted molar refractivity (Wildman–Crippen MR) is 77.0 cm³/mol. The van der Waals surface area contributed by atoms with Crippen LogP contribution in [-0.4, -0.2) is 30.3 Å². The van der Waals surface area contributed by atoms with Gasteiger partial charge in [-0.25, -0.2) is 22.2 Å². The Kier molecular flexibility index (Phi) is 4.13. The van der Waals surface area contributed by atoms with Crippen molar-refractivity contribution in [1.82, 2.24) is 14.5 Å². The van der Waals surface area contributed by atoms with Crippen molar-refractivity contribution in [2.24, 2.45) is 5.73 Å². The van der Waals surface area contributed by atoms with E-state index in [0.717, 1.165) is 0 Å². The van der Waals surface area contributed by atoms with Crippen LogP contribution in [0.25, 0.3) is 5.69 Å². The van der Waals surface area contributed by atoms with Gasteiger partial charge < -0.3 is 5.73 Å². The van der Waals surface area contributed by atoms with E-state index in [0.29, 0.717) is 0 Å². The minimum Gasteiger partial charge on any atom is -0.329 e. The van der Waals surface area contributed by atoms with E-state index in [4.69, 9.17) is 5.73 Å². The molecule has 0 aliphatic rings. The molecule has 8 heteroatoms. The number of sulfonamides is 1. The lowest BCUT2D eigenvalue weighted by Crippen LogP contribution is -2.48. The maximum atomic E-state index is 13.7. The minimum absolute atomic E-state index is 0.0488. The summed E-state index contributed by atoms with van der Waals surface area (Å²) < 4.78 is 41.8. The van der Waals surface area contributed by atoms with E-state index in [2.05, 4.69) is 9.82 Å². The standard InChI is InChI=1S/C13H17FN4O2S/c1-13(2,9-15)17-21(19,20)10-7-16-18(8-10)12-6-4-3-5-11(12)14/h3-8,17H,9,15H2,1-2H3.